The summed E-state index contributed by atoms with van der Waals surface area (Å²) in [6, 6.07) is 0.147. The van der Waals surface area contributed by atoms with Crippen LogP contribution in [0, 0.1) is 0 Å². The highest BCUT2D eigenvalue weighted by Gasteiger charge is 2.06. The lowest BCUT2D eigenvalue weighted by Gasteiger charge is -2.14. The molecule has 1 amide bonds. The van der Waals surface area contributed by atoms with Gasteiger partial charge in [0.05, 0.1) is 6.33 Å². The van der Waals surface area contributed by atoms with Gasteiger partial charge in [-0.3, -0.25) is 4.79 Å². The van der Waals surface area contributed by atoms with E-state index in [4.69, 9.17) is 0 Å². The molecule has 0 unspecified atom stereocenters. The van der Waals surface area contributed by atoms with Gasteiger partial charge in [-0.1, -0.05) is 0 Å². The fraction of sp³-hybridized carbons (Fsp3) is 0.600. The Morgan fingerprint density at radius 2 is 2.47 bits per heavy atom. The summed E-state index contributed by atoms with van der Waals surface area (Å²) >= 11 is 1.69. The summed E-state index contributed by atoms with van der Waals surface area (Å²) in [6.07, 6.45) is 7.98. The highest BCUT2D eigenvalue weighted by molar-refractivity contribution is 7.98. The van der Waals surface area contributed by atoms with Gasteiger partial charge in [-0.05, 0) is 13.2 Å². The number of rotatable bonds is 6. The Kier molecular flexibility index (Phi) is 5.25. The van der Waals surface area contributed by atoms with Crippen LogP contribution in [0.1, 0.15) is 13.3 Å². The highest BCUT2D eigenvalue weighted by atomic mass is 32.2. The minimum Gasteiger partial charge on any atom is -0.352 e. The summed E-state index contributed by atoms with van der Waals surface area (Å²) in [5.41, 5.74) is 0. The van der Waals surface area contributed by atoms with E-state index in [2.05, 4.69) is 10.3 Å². The Morgan fingerprint density at radius 1 is 1.67 bits per heavy atom. The topological polar surface area (TPSA) is 46.9 Å². The van der Waals surface area contributed by atoms with Gasteiger partial charge in [0.2, 0.25) is 5.91 Å². The minimum atomic E-state index is 0.122. The van der Waals surface area contributed by atoms with Crippen LogP contribution in [0.4, 0.5) is 0 Å². The fourth-order valence-electron chi connectivity index (χ4n) is 1.30. The third-order valence-corrected chi connectivity index (χ3v) is 2.60. The smallest absolute Gasteiger partial charge is 0.221 e. The lowest BCUT2D eigenvalue weighted by Crippen LogP contribution is -2.35. The first kappa shape index (κ1) is 12.1. The van der Waals surface area contributed by atoms with Gasteiger partial charge in [0.1, 0.15) is 0 Å². The van der Waals surface area contributed by atoms with E-state index in [0.29, 0.717) is 6.42 Å². The summed E-state index contributed by atoms with van der Waals surface area (Å²) in [5.74, 6) is 1.00. The predicted octanol–water partition coefficient (Wildman–Crippen LogP) is 1.14. The van der Waals surface area contributed by atoms with E-state index in [-0.39, 0.29) is 11.9 Å². The average Bonchev–Trinajstić information content (AvgIpc) is 2.67. The largest absolute Gasteiger partial charge is 0.352 e. The molecule has 1 heterocycles. The molecule has 5 heteroatoms. The van der Waals surface area contributed by atoms with Crippen molar-refractivity contribution >= 4 is 17.7 Å². The van der Waals surface area contributed by atoms with E-state index in [0.717, 1.165) is 12.3 Å². The number of thioether (sulfide) groups is 1. The van der Waals surface area contributed by atoms with E-state index in [1.807, 2.05) is 23.9 Å². The highest BCUT2D eigenvalue weighted by Crippen LogP contribution is 1.97. The second-order valence-corrected chi connectivity index (χ2v) is 4.46. The number of nitrogens with one attached hydrogen (secondary N) is 1. The maximum atomic E-state index is 11.4. The molecule has 1 atom stereocenters. The molecule has 84 valence electrons. The molecule has 15 heavy (non-hydrogen) atoms. The Labute approximate surface area is 94.5 Å². The fourth-order valence-corrected chi connectivity index (χ4v) is 1.69. The van der Waals surface area contributed by atoms with Crippen LogP contribution < -0.4 is 5.32 Å². The molecule has 0 aromatic carbocycles. The van der Waals surface area contributed by atoms with Crippen LogP contribution in [-0.2, 0) is 11.3 Å². The molecular formula is C10H17N3OS. The quantitative estimate of drug-likeness (QED) is 0.793. The van der Waals surface area contributed by atoms with Crippen molar-refractivity contribution < 1.29 is 4.79 Å². The standard InChI is InChI=1S/C10H17N3OS/c1-9(7-13-5-4-11-8-13)12-10(14)3-6-15-2/h4-5,8-9H,3,6-7H2,1-2H3,(H,12,14)/t9-/m1/s1. The molecular weight excluding hydrogens is 210 g/mol. The number of nitrogens with zero attached hydrogens (tertiary/aromatic N) is 2. The van der Waals surface area contributed by atoms with Crippen LogP contribution in [0.2, 0.25) is 0 Å². The summed E-state index contributed by atoms with van der Waals surface area (Å²) in [4.78, 5) is 15.3. The molecule has 0 aliphatic carbocycles. The summed E-state index contributed by atoms with van der Waals surface area (Å²) in [6.45, 7) is 2.77. The minimum absolute atomic E-state index is 0.122. The number of hydrogen-bond donors (Lipinski definition) is 1. The molecule has 1 aromatic heterocycles. The van der Waals surface area contributed by atoms with Crippen LogP contribution in [0.25, 0.3) is 0 Å². The monoisotopic (exact) mass is 227 g/mol. The number of hydrogen-bond acceptors (Lipinski definition) is 3. The SMILES string of the molecule is CSCCC(=O)N[C@H](C)Cn1ccnc1. The van der Waals surface area contributed by atoms with Gasteiger partial charge < -0.3 is 9.88 Å². The van der Waals surface area contributed by atoms with Crippen LogP contribution in [0.15, 0.2) is 18.7 Å². The molecule has 0 aliphatic rings. The van der Waals surface area contributed by atoms with Crippen molar-refractivity contribution in [3.05, 3.63) is 18.7 Å². The Balaban J connectivity index is 2.23. The van der Waals surface area contributed by atoms with Gasteiger partial charge in [-0.25, -0.2) is 4.98 Å². The molecule has 1 rings (SSSR count). The second-order valence-electron chi connectivity index (χ2n) is 3.47. The number of amides is 1. The van der Waals surface area contributed by atoms with Crippen molar-refractivity contribution in [1.29, 1.82) is 0 Å². The molecule has 1 N–H and O–H groups in total. The molecule has 4 nitrogen and oxygen atoms in total. The summed E-state index contributed by atoms with van der Waals surface area (Å²) < 4.78 is 1.96. The van der Waals surface area contributed by atoms with Crippen molar-refractivity contribution in [1.82, 2.24) is 14.9 Å². The van der Waals surface area contributed by atoms with Crippen molar-refractivity contribution in [2.45, 2.75) is 25.9 Å². The molecule has 1 aromatic rings. The first-order chi connectivity index (χ1) is 7.22. The number of aromatic nitrogens is 2. The zero-order valence-corrected chi connectivity index (χ0v) is 9.96. The summed E-state index contributed by atoms with van der Waals surface area (Å²) in [5, 5.41) is 2.95. The average molecular weight is 227 g/mol. The van der Waals surface area contributed by atoms with Gasteiger partial charge >= 0.3 is 0 Å². The third-order valence-electron chi connectivity index (χ3n) is 1.98. The lowest BCUT2D eigenvalue weighted by molar-refractivity contribution is -0.121. The molecule has 0 spiro atoms. The van der Waals surface area contributed by atoms with E-state index >= 15 is 0 Å². The van der Waals surface area contributed by atoms with E-state index in [9.17, 15) is 4.79 Å². The first-order valence-corrected chi connectivity index (χ1v) is 6.36. The van der Waals surface area contributed by atoms with Crippen LogP contribution in [0.3, 0.4) is 0 Å². The maximum Gasteiger partial charge on any atom is 0.221 e. The first-order valence-electron chi connectivity index (χ1n) is 4.96. The number of carbonyl (C=O) groups excluding carboxylic acids is 1. The third kappa shape index (κ3) is 4.88. The van der Waals surface area contributed by atoms with Crippen molar-refractivity contribution in [3.8, 4) is 0 Å². The normalized spacial score (nSPS) is 12.4. The van der Waals surface area contributed by atoms with Crippen molar-refractivity contribution in [2.75, 3.05) is 12.0 Å². The van der Waals surface area contributed by atoms with Crippen molar-refractivity contribution in [2.24, 2.45) is 0 Å². The molecule has 0 fully saturated rings. The molecule has 0 saturated carbocycles. The maximum absolute atomic E-state index is 11.4. The molecule has 0 aliphatic heterocycles. The van der Waals surface area contributed by atoms with E-state index in [1.54, 1.807) is 24.3 Å². The van der Waals surface area contributed by atoms with Gasteiger partial charge in [0.25, 0.3) is 0 Å². The van der Waals surface area contributed by atoms with Crippen LogP contribution >= 0.6 is 11.8 Å². The van der Waals surface area contributed by atoms with Gasteiger partial charge in [-0.2, -0.15) is 11.8 Å². The molecule has 0 bridgehead atoms. The van der Waals surface area contributed by atoms with Gasteiger partial charge in [0.15, 0.2) is 0 Å². The van der Waals surface area contributed by atoms with Crippen molar-refractivity contribution in [3.63, 3.8) is 0 Å². The second kappa shape index (κ2) is 6.50. The van der Waals surface area contributed by atoms with E-state index < -0.39 is 0 Å². The number of imidazole rings is 1. The Morgan fingerprint density at radius 3 is 3.07 bits per heavy atom. The molecule has 0 saturated heterocycles. The van der Waals surface area contributed by atoms with Gasteiger partial charge in [0, 0.05) is 37.2 Å². The van der Waals surface area contributed by atoms with Crippen LogP contribution in [0.5, 0.6) is 0 Å². The van der Waals surface area contributed by atoms with Gasteiger partial charge in [-0.15, -0.1) is 0 Å². The van der Waals surface area contributed by atoms with E-state index in [1.165, 1.54) is 0 Å². The zero-order valence-electron chi connectivity index (χ0n) is 9.14. The lowest BCUT2D eigenvalue weighted by atomic mass is 10.3. The summed E-state index contributed by atoms with van der Waals surface area (Å²) in [7, 11) is 0. The van der Waals surface area contributed by atoms with Crippen LogP contribution in [-0.4, -0.2) is 33.5 Å². The Bertz CT molecular complexity index is 287. The Hall–Kier alpha value is -0.970. The zero-order chi connectivity index (χ0) is 11.1. The predicted molar refractivity (Wildman–Crippen MR) is 62.8 cm³/mol. The number of carbonyl (C=O) groups is 1. The molecule has 0 radical (unpaired) electrons.